The highest BCUT2D eigenvalue weighted by Gasteiger charge is 2.24. The number of carbonyl (C=O) groups is 1. The van der Waals surface area contributed by atoms with Crippen LogP contribution in [0.2, 0.25) is 0 Å². The number of nitrogens with one attached hydrogen (secondary N) is 1. The van der Waals surface area contributed by atoms with E-state index in [0.29, 0.717) is 25.3 Å². The Kier molecular flexibility index (Phi) is 7.64. The van der Waals surface area contributed by atoms with Crippen LogP contribution < -0.4 is 9.46 Å². The summed E-state index contributed by atoms with van der Waals surface area (Å²) in [6.07, 6.45) is 1.76. The van der Waals surface area contributed by atoms with Gasteiger partial charge in [0.2, 0.25) is 10.0 Å². The second-order valence-electron chi connectivity index (χ2n) is 8.43. The molecule has 0 bridgehead atoms. The topological polar surface area (TPSA) is 88.2 Å². The lowest BCUT2D eigenvalue weighted by molar-refractivity contribution is 0.0628. The molecule has 33 heavy (non-hydrogen) atoms. The molecule has 9 heteroatoms. The number of nitrogens with zero attached hydrogens (tertiary/aromatic N) is 2. The summed E-state index contributed by atoms with van der Waals surface area (Å²) in [6.45, 7) is 4.63. The van der Waals surface area contributed by atoms with Gasteiger partial charge in [0.15, 0.2) is 0 Å². The van der Waals surface area contributed by atoms with Crippen molar-refractivity contribution < 1.29 is 22.7 Å². The molecule has 0 saturated carbocycles. The molecule has 1 amide bonds. The molecular formula is C24H31N3O5S. The Morgan fingerprint density at radius 2 is 1.76 bits per heavy atom. The van der Waals surface area contributed by atoms with E-state index < -0.39 is 10.0 Å². The first kappa shape index (κ1) is 23.7. The van der Waals surface area contributed by atoms with E-state index in [-0.39, 0.29) is 23.5 Å². The van der Waals surface area contributed by atoms with E-state index in [2.05, 4.69) is 21.8 Å². The van der Waals surface area contributed by atoms with E-state index >= 15 is 0 Å². The van der Waals surface area contributed by atoms with Crippen LogP contribution in [0.1, 0.15) is 28.8 Å². The second kappa shape index (κ2) is 10.6. The summed E-state index contributed by atoms with van der Waals surface area (Å²) < 4.78 is 38.3. The minimum atomic E-state index is -3.63. The van der Waals surface area contributed by atoms with Gasteiger partial charge in [-0.3, -0.25) is 9.69 Å². The summed E-state index contributed by atoms with van der Waals surface area (Å²) in [5, 5.41) is 0. The van der Waals surface area contributed by atoms with Crippen LogP contribution in [-0.2, 0) is 21.3 Å². The molecule has 0 spiro atoms. The molecular weight excluding hydrogens is 442 g/mol. The lowest BCUT2D eigenvalue weighted by Crippen LogP contribution is -2.48. The van der Waals surface area contributed by atoms with Gasteiger partial charge in [-0.25, -0.2) is 13.1 Å². The number of sulfonamides is 1. The van der Waals surface area contributed by atoms with Crippen LogP contribution in [-0.4, -0.2) is 76.7 Å². The maximum absolute atomic E-state index is 12.9. The minimum absolute atomic E-state index is 0.0657. The number of amides is 1. The number of rotatable bonds is 8. The summed E-state index contributed by atoms with van der Waals surface area (Å²) in [6, 6.07) is 14.2. The van der Waals surface area contributed by atoms with Gasteiger partial charge in [0.1, 0.15) is 5.75 Å². The SMILES string of the molecule is COc1ccc(CN2CCN(C(=O)c3ccc(S(=O)(=O)NCC4CCCO4)cc3)CC2)cc1. The molecule has 2 aliphatic rings. The predicted octanol–water partition coefficient (Wildman–Crippen LogP) is 2.11. The smallest absolute Gasteiger partial charge is 0.253 e. The van der Waals surface area contributed by atoms with Crippen molar-refractivity contribution in [3.8, 4) is 5.75 Å². The first-order valence-electron chi connectivity index (χ1n) is 11.3. The Bertz CT molecular complexity index is 1030. The number of ether oxygens (including phenoxy) is 2. The molecule has 1 N–H and O–H groups in total. The zero-order chi connectivity index (χ0) is 23.3. The van der Waals surface area contributed by atoms with E-state index in [0.717, 1.165) is 38.2 Å². The highest BCUT2D eigenvalue weighted by molar-refractivity contribution is 7.89. The molecule has 1 unspecified atom stereocenters. The summed E-state index contributed by atoms with van der Waals surface area (Å²) in [7, 11) is -1.97. The number of methoxy groups -OCH3 is 1. The Balaban J connectivity index is 1.28. The largest absolute Gasteiger partial charge is 0.497 e. The molecule has 8 nitrogen and oxygen atoms in total. The van der Waals surface area contributed by atoms with Gasteiger partial charge in [-0.1, -0.05) is 12.1 Å². The molecule has 2 fully saturated rings. The summed E-state index contributed by atoms with van der Waals surface area (Å²) in [5.74, 6) is 0.766. The molecule has 2 heterocycles. The first-order valence-corrected chi connectivity index (χ1v) is 12.8. The Labute approximate surface area is 195 Å². The standard InChI is InChI=1S/C24H31N3O5S/c1-31-21-8-4-19(5-9-21)18-26-12-14-27(15-13-26)24(28)20-6-10-23(11-7-20)33(29,30)25-17-22-3-2-16-32-22/h4-11,22,25H,2-3,12-18H2,1H3. The van der Waals surface area contributed by atoms with E-state index in [4.69, 9.17) is 9.47 Å². The third-order valence-corrected chi connectivity index (χ3v) is 7.60. The van der Waals surface area contributed by atoms with Crippen molar-refractivity contribution in [2.45, 2.75) is 30.4 Å². The molecule has 4 rings (SSSR count). The van der Waals surface area contributed by atoms with Gasteiger partial charge in [0, 0.05) is 51.4 Å². The van der Waals surface area contributed by atoms with Crippen molar-refractivity contribution in [2.75, 3.05) is 46.4 Å². The molecule has 1 atom stereocenters. The van der Waals surface area contributed by atoms with E-state index in [1.807, 2.05) is 17.0 Å². The first-order chi connectivity index (χ1) is 15.9. The molecule has 2 aromatic carbocycles. The quantitative estimate of drug-likeness (QED) is 0.632. The number of piperazine rings is 1. The van der Waals surface area contributed by atoms with Crippen LogP contribution in [0, 0.1) is 0 Å². The van der Waals surface area contributed by atoms with Gasteiger partial charge < -0.3 is 14.4 Å². The predicted molar refractivity (Wildman–Crippen MR) is 125 cm³/mol. The van der Waals surface area contributed by atoms with Gasteiger partial charge >= 0.3 is 0 Å². The number of hydrogen-bond donors (Lipinski definition) is 1. The van der Waals surface area contributed by atoms with Crippen molar-refractivity contribution >= 4 is 15.9 Å². The molecule has 0 radical (unpaired) electrons. The van der Waals surface area contributed by atoms with E-state index in [1.165, 1.54) is 17.7 Å². The van der Waals surface area contributed by atoms with Gasteiger partial charge in [-0.15, -0.1) is 0 Å². The van der Waals surface area contributed by atoms with E-state index in [9.17, 15) is 13.2 Å². The molecule has 2 aliphatic heterocycles. The van der Waals surface area contributed by atoms with Crippen molar-refractivity contribution in [1.82, 2.24) is 14.5 Å². The van der Waals surface area contributed by atoms with Crippen LogP contribution in [0.3, 0.4) is 0 Å². The third-order valence-electron chi connectivity index (χ3n) is 6.16. The van der Waals surface area contributed by atoms with Crippen LogP contribution in [0.5, 0.6) is 5.75 Å². The van der Waals surface area contributed by atoms with Crippen LogP contribution in [0.4, 0.5) is 0 Å². The molecule has 2 aromatic rings. The molecule has 2 saturated heterocycles. The fourth-order valence-electron chi connectivity index (χ4n) is 4.15. The lowest BCUT2D eigenvalue weighted by atomic mass is 10.1. The summed E-state index contributed by atoms with van der Waals surface area (Å²) >= 11 is 0. The summed E-state index contributed by atoms with van der Waals surface area (Å²) in [5.41, 5.74) is 1.71. The van der Waals surface area contributed by atoms with Crippen molar-refractivity contribution in [3.05, 3.63) is 59.7 Å². The summed E-state index contributed by atoms with van der Waals surface area (Å²) in [4.78, 5) is 17.2. The molecule has 178 valence electrons. The Hall–Kier alpha value is -2.46. The Morgan fingerprint density at radius 1 is 1.06 bits per heavy atom. The highest BCUT2D eigenvalue weighted by atomic mass is 32.2. The van der Waals surface area contributed by atoms with Gasteiger partial charge in [-0.2, -0.15) is 0 Å². The van der Waals surface area contributed by atoms with Gasteiger partial charge in [0.05, 0.1) is 18.1 Å². The van der Waals surface area contributed by atoms with Crippen molar-refractivity contribution in [3.63, 3.8) is 0 Å². The second-order valence-corrected chi connectivity index (χ2v) is 10.2. The van der Waals surface area contributed by atoms with Crippen molar-refractivity contribution in [1.29, 1.82) is 0 Å². The minimum Gasteiger partial charge on any atom is -0.497 e. The fraction of sp³-hybridized carbons (Fsp3) is 0.458. The van der Waals surface area contributed by atoms with Crippen LogP contribution in [0.25, 0.3) is 0 Å². The number of hydrogen-bond acceptors (Lipinski definition) is 6. The van der Waals surface area contributed by atoms with Crippen LogP contribution >= 0.6 is 0 Å². The maximum atomic E-state index is 12.9. The van der Waals surface area contributed by atoms with Crippen molar-refractivity contribution in [2.24, 2.45) is 0 Å². The monoisotopic (exact) mass is 473 g/mol. The maximum Gasteiger partial charge on any atom is 0.253 e. The van der Waals surface area contributed by atoms with E-state index in [1.54, 1.807) is 19.2 Å². The normalized spacial score (nSPS) is 19.5. The highest BCUT2D eigenvalue weighted by Crippen LogP contribution is 2.17. The third kappa shape index (κ3) is 6.11. The van der Waals surface area contributed by atoms with Gasteiger partial charge in [-0.05, 0) is 54.8 Å². The van der Waals surface area contributed by atoms with Gasteiger partial charge in [0.25, 0.3) is 5.91 Å². The lowest BCUT2D eigenvalue weighted by Gasteiger charge is -2.34. The number of benzene rings is 2. The van der Waals surface area contributed by atoms with Crippen LogP contribution in [0.15, 0.2) is 53.4 Å². The zero-order valence-electron chi connectivity index (χ0n) is 18.9. The zero-order valence-corrected chi connectivity index (χ0v) is 19.7. The molecule has 0 aromatic heterocycles. The fourth-order valence-corrected chi connectivity index (χ4v) is 5.22. The average Bonchev–Trinajstić information content (AvgIpc) is 3.37. The molecule has 0 aliphatic carbocycles. The number of carbonyl (C=O) groups excluding carboxylic acids is 1. The average molecular weight is 474 g/mol. The Morgan fingerprint density at radius 3 is 2.36 bits per heavy atom.